The van der Waals surface area contributed by atoms with Crippen LogP contribution in [0.25, 0.3) is 0 Å². The topological polar surface area (TPSA) is 68.4 Å². The Bertz CT molecular complexity index is 645. The maximum Gasteiger partial charge on any atom is 0.317 e. The second-order valence-electron chi connectivity index (χ2n) is 7.57. The predicted molar refractivity (Wildman–Crippen MR) is 101 cm³/mol. The van der Waals surface area contributed by atoms with Gasteiger partial charge in [0, 0.05) is 36.9 Å². The fourth-order valence-corrected chi connectivity index (χ4v) is 3.31. The molecule has 25 heavy (non-hydrogen) atoms. The van der Waals surface area contributed by atoms with Gasteiger partial charge in [-0.25, -0.2) is 4.79 Å². The van der Waals surface area contributed by atoms with E-state index in [0.29, 0.717) is 17.5 Å². The van der Waals surface area contributed by atoms with Gasteiger partial charge in [0.1, 0.15) is 0 Å². The third-order valence-corrected chi connectivity index (χ3v) is 5.24. The second-order valence-corrected chi connectivity index (χ2v) is 7.57. The Hall–Kier alpha value is -1.82. The van der Waals surface area contributed by atoms with Gasteiger partial charge in [0.2, 0.25) is 0 Å². The molecule has 140 valence electrons. The first kappa shape index (κ1) is 19.5. The number of urea groups is 1. The molecule has 0 unspecified atom stereocenters. The van der Waals surface area contributed by atoms with Crippen LogP contribution in [0.1, 0.15) is 43.5 Å². The van der Waals surface area contributed by atoms with Gasteiger partial charge in [0.15, 0.2) is 0 Å². The highest BCUT2D eigenvalue weighted by molar-refractivity contribution is 5.74. The van der Waals surface area contributed by atoms with E-state index in [1.165, 1.54) is 0 Å². The number of aryl methyl sites for hydroxylation is 2. The highest BCUT2D eigenvalue weighted by Gasteiger charge is 2.24. The molecule has 0 spiro atoms. The van der Waals surface area contributed by atoms with Crippen molar-refractivity contribution < 1.29 is 4.79 Å². The molecule has 0 bridgehead atoms. The van der Waals surface area contributed by atoms with Gasteiger partial charge in [0.05, 0.1) is 6.54 Å². The highest BCUT2D eigenvalue weighted by atomic mass is 16.2. The van der Waals surface area contributed by atoms with Crippen molar-refractivity contribution in [1.29, 1.82) is 0 Å². The molecular formula is C19H32N4O2. The summed E-state index contributed by atoms with van der Waals surface area (Å²) in [6, 6.07) is 2.41. The van der Waals surface area contributed by atoms with Crippen LogP contribution in [-0.2, 0) is 6.54 Å². The van der Waals surface area contributed by atoms with Crippen molar-refractivity contribution in [2.45, 2.75) is 53.1 Å². The van der Waals surface area contributed by atoms with Gasteiger partial charge in [0.25, 0.3) is 5.56 Å². The summed E-state index contributed by atoms with van der Waals surface area (Å²) in [6.07, 6.45) is 2.07. The molecule has 0 aliphatic carbocycles. The third kappa shape index (κ3) is 5.33. The first-order chi connectivity index (χ1) is 11.8. The van der Waals surface area contributed by atoms with Gasteiger partial charge in [-0.05, 0) is 65.1 Å². The number of pyridine rings is 1. The maximum absolute atomic E-state index is 12.4. The monoisotopic (exact) mass is 348 g/mol. The molecule has 1 aromatic heterocycles. The fraction of sp³-hybridized carbons (Fsp3) is 0.684. The number of hydrogen-bond donors (Lipinski definition) is 2. The van der Waals surface area contributed by atoms with Crippen molar-refractivity contribution >= 4 is 6.03 Å². The molecule has 2 rings (SSSR count). The van der Waals surface area contributed by atoms with Crippen LogP contribution in [0.2, 0.25) is 0 Å². The highest BCUT2D eigenvalue weighted by Crippen LogP contribution is 2.19. The van der Waals surface area contributed by atoms with Crippen molar-refractivity contribution in [2.24, 2.45) is 5.92 Å². The standard InChI is InChI=1S/C19H32N4O2/c1-13(2)22(5)12-16-6-8-23(9-7-16)19(25)20-11-17-14(3)10-15(4)21-18(17)24/h10,13,16H,6-9,11-12H2,1-5H3,(H,20,25)(H,21,24). The van der Waals surface area contributed by atoms with Crippen LogP contribution >= 0.6 is 0 Å². The van der Waals surface area contributed by atoms with Crippen LogP contribution in [0.5, 0.6) is 0 Å². The smallest absolute Gasteiger partial charge is 0.317 e. The average molecular weight is 348 g/mol. The average Bonchev–Trinajstić information content (AvgIpc) is 2.54. The number of amides is 2. The van der Waals surface area contributed by atoms with Crippen LogP contribution in [0, 0.1) is 19.8 Å². The lowest BCUT2D eigenvalue weighted by Gasteiger charge is -2.34. The predicted octanol–water partition coefficient (Wildman–Crippen LogP) is 2.25. The van der Waals surface area contributed by atoms with Gasteiger partial charge < -0.3 is 20.1 Å². The van der Waals surface area contributed by atoms with Crippen LogP contribution < -0.4 is 10.9 Å². The summed E-state index contributed by atoms with van der Waals surface area (Å²) in [5.74, 6) is 0.652. The van der Waals surface area contributed by atoms with E-state index in [1.54, 1.807) is 0 Å². The summed E-state index contributed by atoms with van der Waals surface area (Å²) in [5, 5.41) is 2.90. The Morgan fingerprint density at radius 3 is 2.56 bits per heavy atom. The van der Waals surface area contributed by atoms with Crippen LogP contribution in [0.4, 0.5) is 4.79 Å². The number of carbonyl (C=O) groups is 1. The molecule has 2 N–H and O–H groups in total. The summed E-state index contributed by atoms with van der Waals surface area (Å²) in [6.45, 7) is 11.1. The summed E-state index contributed by atoms with van der Waals surface area (Å²) in [5.41, 5.74) is 2.27. The molecule has 2 amide bonds. The van der Waals surface area contributed by atoms with Gasteiger partial charge >= 0.3 is 6.03 Å². The van der Waals surface area contributed by atoms with Crippen LogP contribution in [0.3, 0.4) is 0 Å². The zero-order chi connectivity index (χ0) is 18.6. The lowest BCUT2D eigenvalue weighted by atomic mass is 9.96. The Balaban J connectivity index is 1.82. The van der Waals surface area contributed by atoms with Crippen molar-refractivity contribution in [2.75, 3.05) is 26.7 Å². The van der Waals surface area contributed by atoms with Gasteiger partial charge in [-0.2, -0.15) is 0 Å². The number of carbonyl (C=O) groups excluding carboxylic acids is 1. The van der Waals surface area contributed by atoms with Gasteiger partial charge in [-0.1, -0.05) is 0 Å². The molecule has 1 saturated heterocycles. The molecule has 1 fully saturated rings. The Morgan fingerprint density at radius 1 is 1.36 bits per heavy atom. The minimum absolute atomic E-state index is 0.0740. The Labute approximate surface area is 150 Å². The number of nitrogens with one attached hydrogen (secondary N) is 2. The third-order valence-electron chi connectivity index (χ3n) is 5.24. The van der Waals surface area contributed by atoms with Crippen molar-refractivity contribution in [3.63, 3.8) is 0 Å². The normalized spacial score (nSPS) is 15.9. The van der Waals surface area contributed by atoms with E-state index >= 15 is 0 Å². The number of H-pyrrole nitrogens is 1. The van der Waals surface area contributed by atoms with E-state index in [2.05, 4.69) is 36.1 Å². The van der Waals surface area contributed by atoms with E-state index in [-0.39, 0.29) is 18.1 Å². The number of nitrogens with zero attached hydrogens (tertiary/aromatic N) is 2. The molecule has 0 aromatic carbocycles. The van der Waals surface area contributed by atoms with E-state index in [9.17, 15) is 9.59 Å². The number of rotatable bonds is 5. The number of aromatic amines is 1. The maximum atomic E-state index is 12.4. The minimum atomic E-state index is -0.117. The minimum Gasteiger partial charge on any atom is -0.334 e. The summed E-state index contributed by atoms with van der Waals surface area (Å²) < 4.78 is 0. The van der Waals surface area contributed by atoms with Crippen LogP contribution in [0.15, 0.2) is 10.9 Å². The van der Waals surface area contributed by atoms with E-state index < -0.39 is 0 Å². The molecule has 0 saturated carbocycles. The molecule has 6 heteroatoms. The van der Waals surface area contributed by atoms with Gasteiger partial charge in [-0.3, -0.25) is 4.79 Å². The summed E-state index contributed by atoms with van der Waals surface area (Å²) >= 11 is 0. The van der Waals surface area contributed by atoms with Crippen molar-refractivity contribution in [1.82, 2.24) is 20.1 Å². The first-order valence-corrected chi connectivity index (χ1v) is 9.20. The molecule has 2 heterocycles. The molecule has 0 radical (unpaired) electrons. The van der Waals surface area contributed by atoms with E-state index in [4.69, 9.17) is 0 Å². The van der Waals surface area contributed by atoms with Crippen molar-refractivity contribution in [3.8, 4) is 0 Å². The number of aromatic nitrogens is 1. The van der Waals surface area contributed by atoms with E-state index in [1.807, 2.05) is 24.8 Å². The fourth-order valence-electron chi connectivity index (χ4n) is 3.31. The number of hydrogen-bond acceptors (Lipinski definition) is 3. The molecule has 0 atom stereocenters. The lowest BCUT2D eigenvalue weighted by molar-refractivity contribution is 0.146. The molecule has 1 aliphatic heterocycles. The summed E-state index contributed by atoms with van der Waals surface area (Å²) in [7, 11) is 2.16. The number of piperidine rings is 1. The first-order valence-electron chi connectivity index (χ1n) is 9.20. The zero-order valence-electron chi connectivity index (χ0n) is 16.2. The largest absolute Gasteiger partial charge is 0.334 e. The molecule has 1 aliphatic rings. The number of likely N-dealkylation sites (tertiary alicyclic amines) is 1. The SMILES string of the molecule is Cc1cc(C)c(CNC(=O)N2CCC(CN(C)C(C)C)CC2)c(=O)[nH]1. The van der Waals surface area contributed by atoms with Gasteiger partial charge in [-0.15, -0.1) is 0 Å². The Morgan fingerprint density at radius 2 is 2.00 bits per heavy atom. The molecule has 1 aromatic rings. The van der Waals surface area contributed by atoms with Crippen molar-refractivity contribution in [3.05, 3.63) is 33.2 Å². The molecule has 6 nitrogen and oxygen atoms in total. The Kier molecular flexibility index (Phi) is 6.64. The second kappa shape index (κ2) is 8.52. The lowest BCUT2D eigenvalue weighted by Crippen LogP contribution is -2.46. The quantitative estimate of drug-likeness (QED) is 0.857. The van der Waals surface area contributed by atoms with Crippen LogP contribution in [-0.4, -0.2) is 53.5 Å². The molecular weight excluding hydrogens is 316 g/mol. The summed E-state index contributed by atoms with van der Waals surface area (Å²) in [4.78, 5) is 31.4. The zero-order valence-corrected chi connectivity index (χ0v) is 16.2. The van der Waals surface area contributed by atoms with E-state index in [0.717, 1.165) is 43.7 Å².